The van der Waals surface area contributed by atoms with E-state index in [4.69, 9.17) is 19.3 Å². The van der Waals surface area contributed by atoms with E-state index in [9.17, 15) is 9.59 Å². The molecule has 45 heavy (non-hydrogen) atoms. The minimum absolute atomic E-state index is 0.200. The second-order valence-electron chi connectivity index (χ2n) is 11.1. The molecule has 0 bridgehead atoms. The lowest BCUT2D eigenvalue weighted by Gasteiger charge is -2.26. The molecule has 1 N–H and O–H groups in total. The van der Waals surface area contributed by atoms with Crippen LogP contribution in [0.1, 0.15) is 51.3 Å². The first-order valence-electron chi connectivity index (χ1n) is 14.5. The standard InChI is InChI=1S/C37H34N2O6/c1-37(2,23-27-11-7-13-32(21-27)42-3)31-17-14-28(15-18-31)36(41)44-45-39-35(40)33-22-29(30-12-8-20-38-24-30)16-19-34(33)43-25-26-9-5-4-6-10-26/h4-22,24H,23,25H2,1-3H3,(H,39,40). The molecule has 0 aliphatic carbocycles. The number of rotatable bonds is 12. The Labute approximate surface area is 262 Å². The first-order chi connectivity index (χ1) is 21.8. The Hall–Kier alpha value is -5.47. The minimum atomic E-state index is -0.753. The van der Waals surface area contributed by atoms with E-state index in [0.29, 0.717) is 5.75 Å². The number of carbonyl (C=O) groups is 2. The van der Waals surface area contributed by atoms with Crippen LogP contribution < -0.4 is 15.0 Å². The van der Waals surface area contributed by atoms with Gasteiger partial charge in [0.1, 0.15) is 18.1 Å². The molecule has 0 unspecified atom stereocenters. The van der Waals surface area contributed by atoms with E-state index in [0.717, 1.165) is 40.0 Å². The van der Waals surface area contributed by atoms with Crippen LogP contribution in [0.15, 0.2) is 122 Å². The fraction of sp³-hybridized carbons (Fsp3) is 0.162. The van der Waals surface area contributed by atoms with Crippen LogP contribution in [-0.2, 0) is 28.3 Å². The predicted molar refractivity (Wildman–Crippen MR) is 171 cm³/mol. The second-order valence-corrected chi connectivity index (χ2v) is 11.1. The van der Waals surface area contributed by atoms with Crippen molar-refractivity contribution in [1.82, 2.24) is 10.5 Å². The van der Waals surface area contributed by atoms with E-state index >= 15 is 0 Å². The van der Waals surface area contributed by atoms with Gasteiger partial charge in [0.25, 0.3) is 5.91 Å². The zero-order valence-corrected chi connectivity index (χ0v) is 25.4. The second kappa shape index (κ2) is 14.3. The summed E-state index contributed by atoms with van der Waals surface area (Å²) < 4.78 is 11.3. The molecule has 4 aromatic carbocycles. The highest BCUT2D eigenvalue weighted by Gasteiger charge is 2.23. The van der Waals surface area contributed by atoms with Crippen LogP contribution in [0.25, 0.3) is 11.1 Å². The van der Waals surface area contributed by atoms with Crippen molar-refractivity contribution in [1.29, 1.82) is 0 Å². The molecule has 8 heteroatoms. The van der Waals surface area contributed by atoms with Crippen LogP contribution in [0.4, 0.5) is 0 Å². The molecule has 5 aromatic rings. The van der Waals surface area contributed by atoms with Crippen molar-refractivity contribution in [2.75, 3.05) is 7.11 Å². The molecule has 0 spiro atoms. The zero-order valence-electron chi connectivity index (χ0n) is 25.4. The van der Waals surface area contributed by atoms with Crippen molar-refractivity contribution >= 4 is 11.9 Å². The van der Waals surface area contributed by atoms with Crippen LogP contribution in [0.3, 0.4) is 0 Å². The molecule has 1 heterocycles. The summed E-state index contributed by atoms with van der Waals surface area (Å²) in [5.74, 6) is -0.250. The topological polar surface area (TPSA) is 96.0 Å². The lowest BCUT2D eigenvalue weighted by atomic mass is 9.79. The largest absolute Gasteiger partial charge is 0.497 e. The third-order valence-electron chi connectivity index (χ3n) is 7.39. The van der Waals surface area contributed by atoms with E-state index in [1.807, 2.05) is 78.9 Å². The lowest BCUT2D eigenvalue weighted by Crippen LogP contribution is -2.26. The maximum atomic E-state index is 13.2. The Balaban J connectivity index is 1.22. The summed E-state index contributed by atoms with van der Waals surface area (Å²) in [6.07, 6.45) is 4.15. The van der Waals surface area contributed by atoms with Crippen molar-refractivity contribution in [3.8, 4) is 22.6 Å². The number of hydroxylamine groups is 1. The monoisotopic (exact) mass is 602 g/mol. The summed E-state index contributed by atoms with van der Waals surface area (Å²) in [6.45, 7) is 4.54. The quantitative estimate of drug-likeness (QED) is 0.118. The Bertz CT molecular complexity index is 1740. The number of hydrogen-bond donors (Lipinski definition) is 1. The molecule has 0 fully saturated rings. The van der Waals surface area contributed by atoms with Gasteiger partial charge in [-0.3, -0.25) is 14.7 Å². The van der Waals surface area contributed by atoms with Crippen LogP contribution >= 0.6 is 0 Å². The van der Waals surface area contributed by atoms with Gasteiger partial charge < -0.3 is 9.47 Å². The maximum Gasteiger partial charge on any atom is 0.375 e. The molecule has 0 saturated heterocycles. The summed E-state index contributed by atoms with van der Waals surface area (Å²) in [5, 5.41) is 0. The first-order valence-corrected chi connectivity index (χ1v) is 14.5. The number of nitrogens with one attached hydrogen (secondary N) is 1. The zero-order chi connectivity index (χ0) is 31.6. The van der Waals surface area contributed by atoms with Crippen molar-refractivity contribution in [2.45, 2.75) is 32.3 Å². The minimum Gasteiger partial charge on any atom is -0.497 e. The Morgan fingerprint density at radius 2 is 1.58 bits per heavy atom. The van der Waals surface area contributed by atoms with E-state index in [-0.39, 0.29) is 23.1 Å². The number of hydrogen-bond acceptors (Lipinski definition) is 7. The number of aromatic nitrogens is 1. The molecule has 1 amide bonds. The van der Waals surface area contributed by atoms with E-state index in [1.54, 1.807) is 43.8 Å². The van der Waals surface area contributed by atoms with Crippen molar-refractivity contribution in [2.24, 2.45) is 0 Å². The van der Waals surface area contributed by atoms with Crippen LogP contribution in [0, 0.1) is 0 Å². The number of methoxy groups -OCH3 is 1. The average Bonchev–Trinajstić information content (AvgIpc) is 3.08. The predicted octanol–water partition coefficient (Wildman–Crippen LogP) is 7.29. The van der Waals surface area contributed by atoms with Gasteiger partial charge in [0, 0.05) is 18.0 Å². The number of nitrogens with zero attached hydrogens (tertiary/aromatic N) is 1. The number of carbonyl (C=O) groups excluding carboxylic acids is 2. The third kappa shape index (κ3) is 8.13. The van der Waals surface area contributed by atoms with Crippen LogP contribution in [-0.4, -0.2) is 24.0 Å². The Morgan fingerprint density at radius 1 is 0.800 bits per heavy atom. The van der Waals surface area contributed by atoms with Gasteiger partial charge in [0.05, 0.1) is 18.2 Å². The molecule has 5 rings (SSSR count). The number of amides is 1. The normalized spacial score (nSPS) is 11.0. The summed E-state index contributed by atoms with van der Waals surface area (Å²) in [4.78, 5) is 39.9. The van der Waals surface area contributed by atoms with Gasteiger partial charge in [-0.1, -0.05) is 85.6 Å². The SMILES string of the molecule is COc1cccc(CC(C)(C)c2ccc(C(=O)OONC(=O)c3cc(-c4cccnc4)ccc3OCc3ccccc3)cc2)c1. The molecule has 228 valence electrons. The van der Waals surface area contributed by atoms with Crippen molar-refractivity contribution in [3.05, 3.63) is 149 Å². The molecule has 1 aromatic heterocycles. The highest BCUT2D eigenvalue weighted by Crippen LogP contribution is 2.30. The molecular weight excluding hydrogens is 568 g/mol. The van der Waals surface area contributed by atoms with Crippen molar-refractivity contribution < 1.29 is 28.9 Å². The van der Waals surface area contributed by atoms with Gasteiger partial charge in [0.2, 0.25) is 0 Å². The van der Waals surface area contributed by atoms with E-state index in [1.165, 1.54) is 0 Å². The average molecular weight is 603 g/mol. The van der Waals surface area contributed by atoms with Gasteiger partial charge in [-0.2, -0.15) is 5.48 Å². The van der Waals surface area contributed by atoms with Gasteiger partial charge in [-0.15, -0.1) is 0 Å². The molecule has 0 saturated carbocycles. The Kier molecular flexibility index (Phi) is 9.87. The summed E-state index contributed by atoms with van der Waals surface area (Å²) in [5.41, 5.74) is 7.19. The highest BCUT2D eigenvalue weighted by atomic mass is 17.3. The fourth-order valence-corrected chi connectivity index (χ4v) is 4.93. The number of benzene rings is 4. The summed E-state index contributed by atoms with van der Waals surface area (Å²) in [7, 11) is 1.65. The number of ether oxygens (including phenoxy) is 2. The molecular formula is C37H34N2O6. The fourth-order valence-electron chi connectivity index (χ4n) is 4.93. The van der Waals surface area contributed by atoms with Gasteiger partial charge in [0.15, 0.2) is 0 Å². The molecule has 0 aliphatic heterocycles. The molecule has 0 aliphatic rings. The number of pyridine rings is 1. The summed E-state index contributed by atoms with van der Waals surface area (Å²) in [6, 6.07) is 33.6. The summed E-state index contributed by atoms with van der Waals surface area (Å²) >= 11 is 0. The van der Waals surface area contributed by atoms with Crippen LogP contribution in [0.5, 0.6) is 11.5 Å². The third-order valence-corrected chi connectivity index (χ3v) is 7.39. The van der Waals surface area contributed by atoms with Gasteiger partial charge in [-0.25, -0.2) is 4.79 Å². The molecule has 0 atom stereocenters. The maximum absolute atomic E-state index is 13.2. The first kappa shape index (κ1) is 31.0. The highest BCUT2D eigenvalue weighted by molar-refractivity contribution is 5.97. The smallest absolute Gasteiger partial charge is 0.375 e. The molecule has 8 nitrogen and oxygen atoms in total. The van der Waals surface area contributed by atoms with Crippen LogP contribution in [0.2, 0.25) is 0 Å². The van der Waals surface area contributed by atoms with E-state index in [2.05, 4.69) is 30.4 Å². The lowest BCUT2D eigenvalue weighted by molar-refractivity contribution is -0.273. The van der Waals surface area contributed by atoms with E-state index < -0.39 is 11.9 Å². The van der Waals surface area contributed by atoms with Gasteiger partial charge >= 0.3 is 5.97 Å². The Morgan fingerprint density at radius 3 is 2.31 bits per heavy atom. The van der Waals surface area contributed by atoms with Gasteiger partial charge in [-0.05, 0) is 76.6 Å². The van der Waals surface area contributed by atoms with Crippen molar-refractivity contribution in [3.63, 3.8) is 0 Å². The molecule has 0 radical (unpaired) electrons.